The monoisotopic (exact) mass is 917 g/mol. The molecule has 3 aliphatic heterocycles. The third-order valence-electron chi connectivity index (χ3n) is 9.92. The second-order valence-corrected chi connectivity index (χ2v) is 28.1. The van der Waals surface area contributed by atoms with Crippen LogP contribution in [-0.4, -0.2) is 265 Å². The van der Waals surface area contributed by atoms with Gasteiger partial charge in [0.1, 0.15) is 52.4 Å². The minimum absolute atomic E-state index is 0.160. The Kier molecular flexibility index (Phi) is 24.5. The van der Waals surface area contributed by atoms with Crippen molar-refractivity contribution in [1.82, 2.24) is 14.7 Å². The largest absolute Gasteiger partial charge is 0.397 e. The van der Waals surface area contributed by atoms with Crippen molar-refractivity contribution in [2.24, 2.45) is 0 Å². The van der Waals surface area contributed by atoms with E-state index in [9.17, 15) is 0 Å². The molecule has 6 atom stereocenters. The molecule has 3 fully saturated rings. The van der Waals surface area contributed by atoms with Crippen molar-refractivity contribution in [2.75, 3.05) is 154 Å². The summed E-state index contributed by atoms with van der Waals surface area (Å²) >= 11 is 0. The van der Waals surface area contributed by atoms with E-state index in [2.05, 4.69) is 34.3 Å². The third-order valence-corrected chi connectivity index (χ3v) is 22.4. The van der Waals surface area contributed by atoms with Crippen molar-refractivity contribution < 1.29 is 69.2 Å². The second kappa shape index (κ2) is 26.9. The summed E-state index contributed by atoms with van der Waals surface area (Å²) in [7, 11) is 9.22. The quantitative estimate of drug-likeness (QED) is 0.0667. The summed E-state index contributed by atoms with van der Waals surface area (Å²) in [5, 5.41) is 0. The van der Waals surface area contributed by atoms with Crippen molar-refractivity contribution in [1.29, 1.82) is 0 Å². The molecule has 24 heteroatoms. The molecular weight excluding hydrogens is 847 g/mol. The molecule has 0 spiro atoms. The zero-order chi connectivity index (χ0) is 41.9. The van der Waals surface area contributed by atoms with Crippen LogP contribution in [0.2, 0.25) is 19.6 Å². The zero-order valence-electron chi connectivity index (χ0n) is 36.4. The number of hydrogen-bond donors (Lipinski definition) is 0. The fourth-order valence-electron chi connectivity index (χ4n) is 6.97. The van der Waals surface area contributed by atoms with E-state index in [0.717, 1.165) is 37.0 Å². The fraction of sp³-hybridized carbons (Fsp3) is 1.00. The molecule has 3 heterocycles. The van der Waals surface area contributed by atoms with Crippen LogP contribution in [0.5, 0.6) is 0 Å². The van der Waals surface area contributed by atoms with Crippen molar-refractivity contribution >= 4 is 54.2 Å². The number of ether oxygens (including phenoxy) is 9. The predicted octanol–water partition coefficient (Wildman–Crippen LogP) is -1.01. The Morgan fingerprint density at radius 3 is 1.07 bits per heavy atom. The standard InChI is InChI=1S/C33H71N3O15Si6/c1-37-31(38-2)52-21-34-13-27(49-55(10,24-34)43-7)16-46-18-30(48-20-29-15-36(23-54-33(41-5)42-6)26-57(12,45-9)51-29)19-47-17-28-14-35(22-53-32(39-3)40-4)25-56(11,44-8)50-28/h27-33H,13-26H2,1-12H3. The number of hydrogen-bond acceptors (Lipinski definition) is 18. The molecule has 0 aromatic heterocycles. The molecular formula is C33H71N3O15Si6. The van der Waals surface area contributed by atoms with Gasteiger partial charge in [-0.25, -0.2) is 0 Å². The molecule has 18 nitrogen and oxygen atoms in total. The van der Waals surface area contributed by atoms with Crippen LogP contribution < -0.4 is 0 Å². The summed E-state index contributed by atoms with van der Waals surface area (Å²) in [5.41, 5.74) is 0. The number of nitrogens with zero attached hydrogens (tertiary/aromatic N) is 3. The molecule has 332 valence electrons. The van der Waals surface area contributed by atoms with E-state index in [-0.39, 0.29) is 42.2 Å². The van der Waals surface area contributed by atoms with Gasteiger partial charge in [-0.15, -0.1) is 0 Å². The topological polar surface area (TPSA) is 148 Å². The molecule has 0 aliphatic carbocycles. The molecule has 6 unspecified atom stereocenters. The first-order valence-electron chi connectivity index (χ1n) is 19.3. The molecule has 0 amide bonds. The Morgan fingerprint density at radius 2 is 0.789 bits per heavy atom. The van der Waals surface area contributed by atoms with Crippen molar-refractivity contribution in [3.8, 4) is 0 Å². The first kappa shape index (κ1) is 51.9. The van der Waals surface area contributed by atoms with Crippen LogP contribution in [0.15, 0.2) is 0 Å². The van der Waals surface area contributed by atoms with Gasteiger partial charge >= 0.3 is 25.7 Å². The maximum Gasteiger partial charge on any atom is 0.349 e. The van der Waals surface area contributed by atoms with Crippen LogP contribution in [0.25, 0.3) is 0 Å². The Balaban J connectivity index is 1.66. The highest BCUT2D eigenvalue weighted by Gasteiger charge is 2.44. The molecule has 0 aromatic rings. The lowest BCUT2D eigenvalue weighted by molar-refractivity contribution is -0.106. The molecule has 57 heavy (non-hydrogen) atoms. The van der Waals surface area contributed by atoms with E-state index in [1.165, 1.54) is 0 Å². The van der Waals surface area contributed by atoms with Gasteiger partial charge in [-0.2, -0.15) is 0 Å². The molecule has 0 aromatic carbocycles. The van der Waals surface area contributed by atoms with Crippen molar-refractivity contribution in [3.63, 3.8) is 0 Å². The SMILES string of the molecule is COC(OC)[Si]CN1CC(COCC(COCC2CN(C[Si]C(OC)OC)C[Si](C)(OC)O2)OCC2CN(C[Si]C(OC)OC)C[Si](C)(OC)O2)O[Si](C)(OC)C1. The lowest BCUT2D eigenvalue weighted by atomic mass is 10.3. The minimum Gasteiger partial charge on any atom is -0.397 e. The lowest BCUT2D eigenvalue weighted by Gasteiger charge is -2.42. The van der Waals surface area contributed by atoms with Gasteiger partial charge in [-0.3, -0.25) is 0 Å². The van der Waals surface area contributed by atoms with Crippen molar-refractivity contribution in [3.05, 3.63) is 0 Å². The zero-order valence-corrected chi connectivity index (χ0v) is 42.4. The Morgan fingerprint density at radius 1 is 0.491 bits per heavy atom. The maximum absolute atomic E-state index is 6.59. The molecule has 0 N–H and O–H groups in total. The Labute approximate surface area is 352 Å². The first-order valence-corrected chi connectivity index (χ1v) is 30.7. The Bertz CT molecular complexity index is 1030. The van der Waals surface area contributed by atoms with Gasteiger partial charge in [-0.1, -0.05) is 0 Å². The molecule has 0 bridgehead atoms. The second-order valence-electron chi connectivity index (χ2n) is 14.8. The molecule has 3 aliphatic rings. The normalized spacial score (nSPS) is 30.3. The summed E-state index contributed by atoms with van der Waals surface area (Å²) in [5.74, 6) is -0.715. The summed E-state index contributed by atoms with van der Waals surface area (Å²) in [6.07, 6.45) is 3.85. The first-order chi connectivity index (χ1) is 27.3. The fourth-order valence-corrected chi connectivity index (χ4v) is 17.2. The summed E-state index contributed by atoms with van der Waals surface area (Å²) in [4.78, 5) is 7.11. The van der Waals surface area contributed by atoms with Crippen LogP contribution in [0.4, 0.5) is 0 Å². The van der Waals surface area contributed by atoms with Crippen LogP contribution >= 0.6 is 0 Å². The van der Waals surface area contributed by atoms with E-state index in [4.69, 9.17) is 69.2 Å². The number of methoxy groups -OCH3 is 6. The van der Waals surface area contributed by atoms with E-state index < -0.39 is 25.7 Å². The van der Waals surface area contributed by atoms with E-state index in [1.807, 2.05) is 0 Å². The predicted molar refractivity (Wildman–Crippen MR) is 222 cm³/mol. The highest BCUT2D eigenvalue weighted by Crippen LogP contribution is 2.22. The van der Waals surface area contributed by atoms with E-state index in [1.54, 1.807) is 64.0 Å². The highest BCUT2D eigenvalue weighted by molar-refractivity contribution is 6.67. The van der Waals surface area contributed by atoms with E-state index in [0.29, 0.717) is 81.2 Å². The van der Waals surface area contributed by atoms with Crippen LogP contribution in [0.3, 0.4) is 0 Å². The van der Waals surface area contributed by atoms with Crippen LogP contribution in [-0.2, 0) is 69.2 Å². The van der Waals surface area contributed by atoms with Gasteiger partial charge in [0.05, 0.1) is 51.3 Å². The molecule has 3 rings (SSSR count). The average Bonchev–Trinajstić information content (AvgIpc) is 3.20. The van der Waals surface area contributed by atoms with Gasteiger partial charge in [0.15, 0.2) is 0 Å². The van der Waals surface area contributed by atoms with Gasteiger partial charge in [0.25, 0.3) is 0 Å². The van der Waals surface area contributed by atoms with Gasteiger partial charge in [0.2, 0.25) is 0 Å². The highest BCUT2D eigenvalue weighted by atomic mass is 28.4. The van der Waals surface area contributed by atoms with Gasteiger partial charge < -0.3 is 83.9 Å². The lowest BCUT2D eigenvalue weighted by Crippen LogP contribution is -2.61. The van der Waals surface area contributed by atoms with Crippen molar-refractivity contribution in [2.45, 2.75) is 61.8 Å². The third kappa shape index (κ3) is 18.5. The summed E-state index contributed by atoms with van der Waals surface area (Å²) in [6, 6.07) is 0. The summed E-state index contributed by atoms with van der Waals surface area (Å²) in [6.45, 7) is 10.1. The van der Waals surface area contributed by atoms with Crippen LogP contribution in [0, 0.1) is 0 Å². The van der Waals surface area contributed by atoms with Gasteiger partial charge in [-0.05, 0) is 38.1 Å². The van der Waals surface area contributed by atoms with E-state index >= 15 is 0 Å². The molecule has 0 saturated carbocycles. The smallest absolute Gasteiger partial charge is 0.349 e. The molecule has 6 radical (unpaired) electrons. The number of rotatable bonds is 29. The van der Waals surface area contributed by atoms with Crippen LogP contribution in [0.1, 0.15) is 0 Å². The molecule has 3 saturated heterocycles. The minimum atomic E-state index is -2.47. The Hall–Kier alpha value is 0.581. The van der Waals surface area contributed by atoms with Gasteiger partial charge in [0, 0.05) is 102 Å². The maximum atomic E-state index is 6.59. The average molecular weight is 918 g/mol. The summed E-state index contributed by atoms with van der Waals surface area (Å²) < 4.78 is 89.5.